The van der Waals surface area contributed by atoms with E-state index in [0.29, 0.717) is 47.7 Å². The van der Waals surface area contributed by atoms with E-state index in [4.69, 9.17) is 19.2 Å². The van der Waals surface area contributed by atoms with E-state index < -0.39 is 86.4 Å². The Morgan fingerprint density at radius 2 is 1.78 bits per heavy atom. The van der Waals surface area contributed by atoms with Crippen LogP contribution in [0.25, 0.3) is 22.0 Å². The molecule has 340 valence electrons. The van der Waals surface area contributed by atoms with Gasteiger partial charge in [-0.05, 0) is 107 Å². The van der Waals surface area contributed by atoms with Crippen LogP contribution < -0.4 is 29.7 Å². The van der Waals surface area contributed by atoms with Crippen LogP contribution in [0.15, 0.2) is 60.7 Å². The molecule has 3 fully saturated rings. The second kappa shape index (κ2) is 17.5. The Hall–Kier alpha value is -5.63. The van der Waals surface area contributed by atoms with Crippen LogP contribution in [0.5, 0.6) is 11.6 Å². The smallest absolute Gasteiger partial charge is 0.472 e. The first-order chi connectivity index (χ1) is 29.6. The summed E-state index contributed by atoms with van der Waals surface area (Å²) in [6, 6.07) is 9.84. The molecule has 1 saturated heterocycles. The van der Waals surface area contributed by atoms with Gasteiger partial charge in [-0.2, -0.15) is 0 Å². The van der Waals surface area contributed by atoms with Crippen molar-refractivity contribution in [3.05, 3.63) is 60.7 Å². The number of amides is 4. The third-order valence-electron chi connectivity index (χ3n) is 11.1. The van der Waals surface area contributed by atoms with Crippen molar-refractivity contribution in [2.75, 3.05) is 38.8 Å². The molecule has 20 heteroatoms. The van der Waals surface area contributed by atoms with E-state index in [9.17, 15) is 40.8 Å². The Labute approximate surface area is 362 Å². The zero-order valence-electron chi connectivity index (χ0n) is 35.5. The van der Waals surface area contributed by atoms with Gasteiger partial charge in [0.25, 0.3) is 5.91 Å². The Bertz CT molecular complexity index is 2390. The number of pyridine rings is 1. The molecule has 0 radical (unpaired) electrons. The summed E-state index contributed by atoms with van der Waals surface area (Å²) in [5.74, 6) is -3.19. The van der Waals surface area contributed by atoms with Gasteiger partial charge in [0, 0.05) is 49.7 Å². The van der Waals surface area contributed by atoms with Crippen LogP contribution in [0, 0.1) is 5.92 Å². The SMILES string of the molecule is CN(C)c1ccc2c(O[C@@H]3C[C@H]4C(=O)N[C@]5(C(=O)NS(=O)(=O)C6CC6)C[C@H]5/C=C\CCCOC[C@H](NC(=O)OC(C)(C)C)C(=O)N4C3)nc(-c3ccc(OC(F)(F)F)cc3)cc2c1. The number of anilines is 1. The van der Waals surface area contributed by atoms with Gasteiger partial charge in [-0.15, -0.1) is 13.2 Å². The largest absolute Gasteiger partial charge is 0.573 e. The number of alkyl carbamates (subject to hydrolysis) is 1. The van der Waals surface area contributed by atoms with Gasteiger partial charge in [-0.25, -0.2) is 18.2 Å². The maximum atomic E-state index is 14.6. The number of allylic oxidation sites excluding steroid dienone is 1. The van der Waals surface area contributed by atoms with Gasteiger partial charge in [0.2, 0.25) is 27.7 Å². The minimum absolute atomic E-state index is 0.101. The van der Waals surface area contributed by atoms with Gasteiger partial charge in [0.15, 0.2) is 0 Å². The Balaban J connectivity index is 1.24. The van der Waals surface area contributed by atoms with Gasteiger partial charge in [0.1, 0.15) is 35.1 Å². The summed E-state index contributed by atoms with van der Waals surface area (Å²) in [5, 5.41) is 5.94. The lowest BCUT2D eigenvalue weighted by Gasteiger charge is -2.30. The molecule has 3 N–H and O–H groups in total. The first kappa shape index (κ1) is 45.4. The normalized spacial score (nSPS) is 25.0. The summed E-state index contributed by atoms with van der Waals surface area (Å²) in [7, 11) is -0.263. The van der Waals surface area contributed by atoms with Crippen LogP contribution in [0.4, 0.5) is 23.7 Å². The first-order valence-corrected chi connectivity index (χ1v) is 22.2. The van der Waals surface area contributed by atoms with E-state index >= 15 is 0 Å². The summed E-state index contributed by atoms with van der Waals surface area (Å²) in [4.78, 5) is 64.0. The summed E-state index contributed by atoms with van der Waals surface area (Å²) in [6.07, 6.45) is -1.24. The highest BCUT2D eigenvalue weighted by atomic mass is 32.2. The number of sulfonamides is 1. The maximum absolute atomic E-state index is 14.6. The van der Waals surface area contributed by atoms with Gasteiger partial charge in [-0.3, -0.25) is 19.1 Å². The molecule has 3 heterocycles. The van der Waals surface area contributed by atoms with Crippen LogP contribution in [0.1, 0.15) is 59.3 Å². The van der Waals surface area contributed by atoms with E-state index in [-0.39, 0.29) is 38.5 Å². The lowest BCUT2D eigenvalue weighted by Crippen LogP contribution is -2.59. The minimum Gasteiger partial charge on any atom is -0.472 e. The number of hydrogen-bond acceptors (Lipinski definition) is 12. The van der Waals surface area contributed by atoms with Crippen molar-refractivity contribution in [3.63, 3.8) is 0 Å². The fourth-order valence-electron chi connectivity index (χ4n) is 7.65. The van der Waals surface area contributed by atoms with Crippen molar-refractivity contribution in [2.45, 2.75) is 100 Å². The predicted octanol–water partition coefficient (Wildman–Crippen LogP) is 4.96. The van der Waals surface area contributed by atoms with Crippen molar-refractivity contribution >= 4 is 50.3 Å². The fraction of sp³-hybridized carbons (Fsp3) is 0.512. The number of nitrogens with zero attached hydrogens (tertiary/aromatic N) is 3. The van der Waals surface area contributed by atoms with Crippen molar-refractivity contribution in [1.82, 2.24) is 25.2 Å². The zero-order valence-corrected chi connectivity index (χ0v) is 36.3. The van der Waals surface area contributed by atoms with Crippen molar-refractivity contribution < 1.29 is 59.7 Å². The van der Waals surface area contributed by atoms with E-state index in [1.165, 1.54) is 17.0 Å². The third-order valence-corrected chi connectivity index (χ3v) is 12.9. The van der Waals surface area contributed by atoms with Crippen LogP contribution in [-0.2, 0) is 33.9 Å². The summed E-state index contributed by atoms with van der Waals surface area (Å²) >= 11 is 0. The fourth-order valence-corrected chi connectivity index (χ4v) is 9.01. The second-order valence-corrected chi connectivity index (χ2v) is 19.4. The third kappa shape index (κ3) is 10.9. The summed E-state index contributed by atoms with van der Waals surface area (Å²) in [5.41, 5.74) is -0.916. The molecule has 1 aromatic heterocycles. The van der Waals surface area contributed by atoms with Gasteiger partial charge < -0.3 is 39.4 Å². The number of hydrogen-bond donors (Lipinski definition) is 3. The molecule has 16 nitrogen and oxygen atoms in total. The Morgan fingerprint density at radius 3 is 2.44 bits per heavy atom. The molecule has 2 aromatic carbocycles. The van der Waals surface area contributed by atoms with E-state index in [1.54, 1.807) is 39.0 Å². The lowest BCUT2D eigenvalue weighted by molar-refractivity contribution is -0.274. The maximum Gasteiger partial charge on any atom is 0.573 e. The number of nitrogens with one attached hydrogen (secondary N) is 3. The Morgan fingerprint density at radius 1 is 1.05 bits per heavy atom. The van der Waals surface area contributed by atoms with Crippen LogP contribution in [0.3, 0.4) is 0 Å². The molecule has 0 spiro atoms. The number of alkyl halides is 3. The number of ether oxygens (including phenoxy) is 4. The number of aromatic nitrogens is 1. The van der Waals surface area contributed by atoms with E-state index in [0.717, 1.165) is 17.8 Å². The molecule has 2 saturated carbocycles. The number of fused-ring (bicyclic) bond motifs is 3. The molecule has 2 aliphatic heterocycles. The van der Waals surface area contributed by atoms with Crippen LogP contribution in [-0.4, -0.2) is 117 Å². The zero-order chi connectivity index (χ0) is 45.5. The molecule has 63 heavy (non-hydrogen) atoms. The van der Waals surface area contributed by atoms with Gasteiger partial charge >= 0.3 is 12.5 Å². The topological polar surface area (TPSA) is 195 Å². The molecule has 7 rings (SSSR count). The minimum atomic E-state index is -4.88. The highest BCUT2D eigenvalue weighted by Gasteiger charge is 2.62. The van der Waals surface area contributed by atoms with Crippen molar-refractivity contribution in [3.8, 4) is 22.9 Å². The number of halogens is 3. The number of carbonyl (C=O) groups excluding carboxylic acids is 4. The average Bonchev–Trinajstić information content (AvgIpc) is 4.12. The number of rotatable bonds is 9. The molecule has 0 unspecified atom stereocenters. The second-order valence-electron chi connectivity index (χ2n) is 17.5. The molecular formula is C43H51F3N6O10S. The molecule has 0 bridgehead atoms. The molecule has 5 atom stereocenters. The van der Waals surface area contributed by atoms with Gasteiger partial charge in [0.05, 0.1) is 24.1 Å². The molecule has 4 amide bonds. The summed E-state index contributed by atoms with van der Waals surface area (Å²) < 4.78 is 88.8. The average molecular weight is 901 g/mol. The summed E-state index contributed by atoms with van der Waals surface area (Å²) in [6.45, 7) is 4.73. The molecular weight excluding hydrogens is 850 g/mol. The lowest BCUT2D eigenvalue weighted by atomic mass is 10.1. The molecule has 4 aliphatic rings. The monoisotopic (exact) mass is 900 g/mol. The molecule has 2 aliphatic carbocycles. The Kier molecular flexibility index (Phi) is 12.6. The van der Waals surface area contributed by atoms with Crippen LogP contribution >= 0.6 is 0 Å². The van der Waals surface area contributed by atoms with Gasteiger partial charge in [-0.1, -0.05) is 12.2 Å². The highest BCUT2D eigenvalue weighted by Crippen LogP contribution is 2.46. The quantitative estimate of drug-likeness (QED) is 0.245. The standard InChI is InChI=1S/C43H51F3N6O10S/c1-41(2,3)62-40(56)48-34-24-59-18-8-6-7-9-27-22-42(27,39(55)50-63(57,58)31-15-16-31)49-36(53)35-21-30(23-52(35)38(34)54)60-37-32-17-12-28(51(4)5)19-26(32)20-33(47-37)25-10-13-29(14-11-25)61-43(44,45)46/h7,9-14,17,19-20,27,30-31,34-35H,6,8,15-16,18,21-24H2,1-5H3,(H,48,56)(H,49,53)(H,50,55)/b9-7-/t27-,30-,34+,35+,42-/m1/s1. The highest BCUT2D eigenvalue weighted by molar-refractivity contribution is 7.91. The van der Waals surface area contributed by atoms with E-state index in [2.05, 4.69) is 20.1 Å². The van der Waals surface area contributed by atoms with Crippen molar-refractivity contribution in [2.24, 2.45) is 5.92 Å². The van der Waals surface area contributed by atoms with E-state index in [1.807, 2.05) is 37.2 Å². The van der Waals surface area contributed by atoms with Crippen LogP contribution in [0.2, 0.25) is 0 Å². The predicted molar refractivity (Wildman–Crippen MR) is 224 cm³/mol. The number of carbonyl (C=O) groups is 4. The van der Waals surface area contributed by atoms with Crippen molar-refractivity contribution in [1.29, 1.82) is 0 Å². The first-order valence-electron chi connectivity index (χ1n) is 20.7. The molecule has 3 aromatic rings. The number of benzene rings is 2.